The van der Waals surface area contributed by atoms with Gasteiger partial charge in [-0.1, -0.05) is 54.6 Å². The minimum atomic E-state index is -0.483. The molecule has 0 aliphatic carbocycles. The van der Waals surface area contributed by atoms with Crippen molar-refractivity contribution in [2.75, 3.05) is 12.3 Å². The van der Waals surface area contributed by atoms with E-state index in [1.165, 1.54) is 12.1 Å². The predicted molar refractivity (Wildman–Crippen MR) is 110 cm³/mol. The van der Waals surface area contributed by atoms with Gasteiger partial charge in [0.05, 0.1) is 5.56 Å². The third-order valence-corrected chi connectivity index (χ3v) is 5.91. The summed E-state index contributed by atoms with van der Waals surface area (Å²) in [4.78, 5) is 14.6. The molecule has 0 spiro atoms. The standard InChI is InChI=1S/C23H20FNO2S/c24-21-12-5-4-11-20(21)22(26)25-13-14-28-23(25)18-9-6-10-19(15-18)27-16-17-7-2-1-3-8-17/h1-12,15,23H,13-14,16H2/t23-/m1/s1. The topological polar surface area (TPSA) is 29.5 Å². The van der Waals surface area contributed by atoms with E-state index in [-0.39, 0.29) is 16.8 Å². The molecule has 142 valence electrons. The molecule has 0 N–H and O–H groups in total. The van der Waals surface area contributed by atoms with Gasteiger partial charge in [-0.25, -0.2) is 4.39 Å². The molecule has 1 aliphatic rings. The first-order valence-electron chi connectivity index (χ1n) is 9.16. The van der Waals surface area contributed by atoms with E-state index < -0.39 is 5.82 Å². The maximum Gasteiger partial charge on any atom is 0.258 e. The number of carbonyl (C=O) groups is 1. The number of benzene rings is 3. The Bertz CT molecular complexity index is 964. The molecule has 4 rings (SSSR count). The Hall–Kier alpha value is -2.79. The van der Waals surface area contributed by atoms with Crippen molar-refractivity contribution >= 4 is 17.7 Å². The number of rotatable bonds is 5. The maximum atomic E-state index is 14.1. The summed E-state index contributed by atoms with van der Waals surface area (Å²) in [5.41, 5.74) is 2.20. The second-order valence-corrected chi connectivity index (χ2v) is 7.74. The highest BCUT2D eigenvalue weighted by atomic mass is 32.2. The molecule has 0 saturated carbocycles. The van der Waals surface area contributed by atoms with Gasteiger partial charge in [-0.15, -0.1) is 11.8 Å². The lowest BCUT2D eigenvalue weighted by Crippen LogP contribution is -2.31. The van der Waals surface area contributed by atoms with Crippen LogP contribution in [0.3, 0.4) is 0 Å². The molecule has 1 heterocycles. The van der Waals surface area contributed by atoms with Crippen LogP contribution in [0.5, 0.6) is 5.75 Å². The second-order valence-electron chi connectivity index (χ2n) is 6.55. The Morgan fingerprint density at radius 2 is 1.82 bits per heavy atom. The van der Waals surface area contributed by atoms with Gasteiger partial charge in [-0.2, -0.15) is 0 Å². The van der Waals surface area contributed by atoms with E-state index in [2.05, 4.69) is 0 Å². The summed E-state index contributed by atoms with van der Waals surface area (Å²) in [5, 5.41) is -0.146. The van der Waals surface area contributed by atoms with Crippen LogP contribution in [0.15, 0.2) is 78.9 Å². The molecular weight excluding hydrogens is 373 g/mol. The number of amides is 1. The summed E-state index contributed by atoms with van der Waals surface area (Å²) in [6.07, 6.45) is 0. The van der Waals surface area contributed by atoms with Crippen molar-refractivity contribution in [3.8, 4) is 5.75 Å². The summed E-state index contributed by atoms with van der Waals surface area (Å²) in [6, 6.07) is 23.9. The van der Waals surface area contributed by atoms with Crippen LogP contribution in [-0.4, -0.2) is 23.1 Å². The number of hydrogen-bond donors (Lipinski definition) is 0. The Kier molecular flexibility index (Phi) is 5.63. The van der Waals surface area contributed by atoms with Gasteiger partial charge in [0.2, 0.25) is 0 Å². The smallest absolute Gasteiger partial charge is 0.258 e. The van der Waals surface area contributed by atoms with Gasteiger partial charge in [0.1, 0.15) is 23.5 Å². The van der Waals surface area contributed by atoms with E-state index in [4.69, 9.17) is 4.74 Å². The van der Waals surface area contributed by atoms with Crippen molar-refractivity contribution in [2.24, 2.45) is 0 Å². The first-order valence-corrected chi connectivity index (χ1v) is 10.2. The number of hydrogen-bond acceptors (Lipinski definition) is 3. The van der Waals surface area contributed by atoms with E-state index in [1.54, 1.807) is 28.8 Å². The van der Waals surface area contributed by atoms with E-state index in [0.717, 1.165) is 22.6 Å². The number of thioether (sulfide) groups is 1. The lowest BCUT2D eigenvalue weighted by molar-refractivity contribution is 0.0755. The van der Waals surface area contributed by atoms with Crippen LogP contribution in [0.25, 0.3) is 0 Å². The van der Waals surface area contributed by atoms with E-state index in [1.807, 2.05) is 54.6 Å². The Morgan fingerprint density at radius 3 is 2.64 bits per heavy atom. The molecule has 3 aromatic carbocycles. The van der Waals surface area contributed by atoms with Crippen LogP contribution in [0.2, 0.25) is 0 Å². The van der Waals surface area contributed by atoms with Crippen LogP contribution in [0.1, 0.15) is 26.9 Å². The fourth-order valence-corrected chi connectivity index (χ4v) is 4.49. The molecule has 3 aromatic rings. The molecular formula is C23H20FNO2S. The highest BCUT2D eigenvalue weighted by Crippen LogP contribution is 2.40. The third-order valence-electron chi connectivity index (χ3n) is 4.65. The molecule has 1 saturated heterocycles. The molecule has 1 aliphatic heterocycles. The number of ether oxygens (including phenoxy) is 1. The largest absolute Gasteiger partial charge is 0.489 e. The van der Waals surface area contributed by atoms with Gasteiger partial charge in [0.15, 0.2) is 0 Å². The fourth-order valence-electron chi connectivity index (χ4n) is 3.24. The molecule has 28 heavy (non-hydrogen) atoms. The summed E-state index contributed by atoms with van der Waals surface area (Å²) in [7, 11) is 0. The maximum absolute atomic E-state index is 14.1. The first kappa shape index (κ1) is 18.6. The van der Waals surface area contributed by atoms with Crippen molar-refractivity contribution < 1.29 is 13.9 Å². The van der Waals surface area contributed by atoms with Gasteiger partial charge in [-0.05, 0) is 35.4 Å². The van der Waals surface area contributed by atoms with Crippen molar-refractivity contribution in [3.63, 3.8) is 0 Å². The molecule has 1 atom stereocenters. The van der Waals surface area contributed by atoms with Gasteiger partial charge >= 0.3 is 0 Å². The monoisotopic (exact) mass is 393 g/mol. The van der Waals surface area contributed by atoms with Crippen molar-refractivity contribution in [1.29, 1.82) is 0 Å². The average molecular weight is 393 g/mol. The Balaban J connectivity index is 1.51. The fraction of sp³-hybridized carbons (Fsp3) is 0.174. The molecule has 3 nitrogen and oxygen atoms in total. The van der Waals surface area contributed by atoms with Crippen molar-refractivity contribution in [3.05, 3.63) is 101 Å². The third kappa shape index (κ3) is 4.04. The average Bonchev–Trinajstić information content (AvgIpc) is 3.23. The minimum Gasteiger partial charge on any atom is -0.489 e. The number of carbonyl (C=O) groups excluding carboxylic acids is 1. The molecule has 0 bridgehead atoms. The first-order chi connectivity index (χ1) is 13.7. The zero-order valence-electron chi connectivity index (χ0n) is 15.3. The summed E-state index contributed by atoms with van der Waals surface area (Å²) in [5.74, 6) is 0.818. The van der Waals surface area contributed by atoms with Crippen molar-refractivity contribution in [1.82, 2.24) is 4.90 Å². The van der Waals surface area contributed by atoms with Crippen LogP contribution in [-0.2, 0) is 6.61 Å². The van der Waals surface area contributed by atoms with Crippen LogP contribution >= 0.6 is 11.8 Å². The predicted octanol–water partition coefficient (Wildman–Crippen LogP) is 5.29. The van der Waals surface area contributed by atoms with Crippen molar-refractivity contribution in [2.45, 2.75) is 12.0 Å². The second kappa shape index (κ2) is 8.48. The summed E-state index contributed by atoms with van der Waals surface area (Å²) < 4.78 is 20.0. The molecule has 5 heteroatoms. The van der Waals surface area contributed by atoms with E-state index in [9.17, 15) is 9.18 Å². The van der Waals surface area contributed by atoms with Gasteiger partial charge in [0, 0.05) is 12.3 Å². The summed E-state index contributed by atoms with van der Waals surface area (Å²) >= 11 is 1.68. The van der Waals surface area contributed by atoms with Crippen LogP contribution in [0, 0.1) is 5.82 Å². The SMILES string of the molecule is O=C(c1ccccc1F)N1CCS[C@@H]1c1cccc(OCc2ccccc2)c1. The number of nitrogens with zero attached hydrogens (tertiary/aromatic N) is 1. The van der Waals surface area contributed by atoms with E-state index in [0.29, 0.717) is 13.2 Å². The lowest BCUT2D eigenvalue weighted by atomic mass is 10.1. The highest BCUT2D eigenvalue weighted by molar-refractivity contribution is 7.99. The minimum absolute atomic E-state index is 0.117. The molecule has 0 radical (unpaired) electrons. The van der Waals surface area contributed by atoms with Crippen LogP contribution in [0.4, 0.5) is 4.39 Å². The molecule has 0 aromatic heterocycles. The Morgan fingerprint density at radius 1 is 1.04 bits per heavy atom. The normalized spacial score (nSPS) is 16.2. The highest BCUT2D eigenvalue weighted by Gasteiger charge is 2.32. The zero-order valence-corrected chi connectivity index (χ0v) is 16.1. The molecule has 0 unspecified atom stereocenters. The van der Waals surface area contributed by atoms with E-state index >= 15 is 0 Å². The molecule has 1 fully saturated rings. The quantitative estimate of drug-likeness (QED) is 0.590. The van der Waals surface area contributed by atoms with Gasteiger partial charge in [-0.3, -0.25) is 4.79 Å². The summed E-state index contributed by atoms with van der Waals surface area (Å²) in [6.45, 7) is 1.08. The van der Waals surface area contributed by atoms with Crippen LogP contribution < -0.4 is 4.74 Å². The Labute approximate surface area is 168 Å². The zero-order chi connectivity index (χ0) is 19.3. The molecule has 1 amide bonds. The van der Waals surface area contributed by atoms with Gasteiger partial charge in [0.25, 0.3) is 5.91 Å². The number of halogens is 1. The van der Waals surface area contributed by atoms with Gasteiger partial charge < -0.3 is 9.64 Å². The lowest BCUT2D eigenvalue weighted by Gasteiger charge is -2.24.